The highest BCUT2D eigenvalue weighted by Crippen LogP contribution is 2.23. The van der Waals surface area contributed by atoms with Gasteiger partial charge >= 0.3 is 10.2 Å². The topological polar surface area (TPSA) is 99.3 Å². The van der Waals surface area contributed by atoms with Gasteiger partial charge in [-0.25, -0.2) is 12.7 Å². The van der Waals surface area contributed by atoms with Gasteiger partial charge in [0.25, 0.3) is 0 Å². The van der Waals surface area contributed by atoms with Gasteiger partial charge in [-0.3, -0.25) is 4.72 Å². The molecule has 2 rings (SSSR count). The number of nitrogens with one attached hydrogen (secondary N) is 1. The first-order chi connectivity index (χ1) is 13.6. The van der Waals surface area contributed by atoms with E-state index in [9.17, 15) is 16.8 Å². The van der Waals surface area contributed by atoms with Crippen LogP contribution >= 0.6 is 0 Å². The van der Waals surface area contributed by atoms with Crippen LogP contribution < -0.4 is 4.72 Å². The van der Waals surface area contributed by atoms with Crippen molar-refractivity contribution in [3.8, 4) is 0 Å². The number of piperidine rings is 1. The van der Waals surface area contributed by atoms with E-state index in [4.69, 9.17) is 4.74 Å². The molecule has 1 saturated heterocycles. The maximum atomic E-state index is 12.9. The summed E-state index contributed by atoms with van der Waals surface area (Å²) in [5, 5.41) is 0. The summed E-state index contributed by atoms with van der Waals surface area (Å²) in [6.07, 6.45) is 1.91. The molecule has 1 aliphatic rings. The molecule has 0 spiro atoms. The summed E-state index contributed by atoms with van der Waals surface area (Å²) in [5.41, 5.74) is 0.309. The summed E-state index contributed by atoms with van der Waals surface area (Å²) >= 11 is 0. The van der Waals surface area contributed by atoms with Gasteiger partial charge in [0.15, 0.2) is 0 Å². The monoisotopic (exact) mass is 448 g/mol. The Morgan fingerprint density at radius 1 is 1.07 bits per heavy atom. The highest BCUT2D eigenvalue weighted by Gasteiger charge is 2.26. The van der Waals surface area contributed by atoms with Gasteiger partial charge in [0, 0.05) is 47.0 Å². The van der Waals surface area contributed by atoms with Crippen molar-refractivity contribution in [2.75, 3.05) is 65.8 Å². The van der Waals surface area contributed by atoms with Crippen LogP contribution in [0.5, 0.6) is 0 Å². The lowest BCUT2D eigenvalue weighted by Crippen LogP contribution is -2.40. The van der Waals surface area contributed by atoms with Crippen LogP contribution in [0.15, 0.2) is 29.2 Å². The van der Waals surface area contributed by atoms with Crippen LogP contribution in [0.1, 0.15) is 12.8 Å². The van der Waals surface area contributed by atoms with Crippen molar-refractivity contribution in [3.63, 3.8) is 0 Å². The summed E-state index contributed by atoms with van der Waals surface area (Å²) in [6, 6.07) is 5.76. The van der Waals surface area contributed by atoms with E-state index < -0.39 is 20.2 Å². The third kappa shape index (κ3) is 6.63. The van der Waals surface area contributed by atoms with Gasteiger partial charge in [0.1, 0.15) is 0 Å². The van der Waals surface area contributed by atoms with Crippen molar-refractivity contribution in [2.24, 2.45) is 5.92 Å². The van der Waals surface area contributed by atoms with Crippen molar-refractivity contribution in [1.29, 1.82) is 0 Å². The van der Waals surface area contributed by atoms with Crippen LogP contribution in [0.25, 0.3) is 0 Å². The van der Waals surface area contributed by atoms with Crippen molar-refractivity contribution >= 4 is 25.9 Å². The average Bonchev–Trinajstić information content (AvgIpc) is 2.67. The Morgan fingerprint density at radius 3 is 2.17 bits per heavy atom. The van der Waals surface area contributed by atoms with Gasteiger partial charge < -0.3 is 9.64 Å². The van der Waals surface area contributed by atoms with E-state index in [0.717, 1.165) is 36.8 Å². The van der Waals surface area contributed by atoms with Crippen LogP contribution in [0.3, 0.4) is 0 Å². The van der Waals surface area contributed by atoms with E-state index in [-0.39, 0.29) is 4.90 Å². The Morgan fingerprint density at radius 2 is 1.66 bits per heavy atom. The van der Waals surface area contributed by atoms with Gasteiger partial charge in [-0.15, -0.1) is 0 Å². The Hall–Kier alpha value is -1.24. The number of methoxy groups -OCH3 is 1. The van der Waals surface area contributed by atoms with Gasteiger partial charge in [-0.05, 0) is 56.1 Å². The summed E-state index contributed by atoms with van der Waals surface area (Å²) in [6.45, 7) is 3.97. The lowest BCUT2D eigenvalue weighted by atomic mass is 9.97. The number of nitrogens with zero attached hydrogens (tertiary/aromatic N) is 3. The first-order valence-electron chi connectivity index (χ1n) is 9.54. The molecule has 1 aromatic rings. The number of ether oxygens (including phenoxy) is 1. The predicted octanol–water partition coefficient (Wildman–Crippen LogP) is 0.884. The van der Waals surface area contributed by atoms with E-state index in [1.165, 1.54) is 42.7 Å². The molecule has 0 bridgehead atoms. The molecule has 0 unspecified atom stereocenters. The molecule has 0 aromatic heterocycles. The zero-order chi connectivity index (χ0) is 21.7. The first kappa shape index (κ1) is 24.0. The normalized spacial score (nSPS) is 17.2. The lowest BCUT2D eigenvalue weighted by Gasteiger charge is -2.33. The standard InChI is InChI=1S/C18H32N4O5S2/c1-20(2)29(25,26)19-17-5-7-18(8-6-17)28(23,24)21(3)15-16-9-11-22(12-10-16)13-14-27-4/h5-8,16,19H,9-15H2,1-4H3. The fourth-order valence-corrected chi connectivity index (χ4v) is 5.05. The third-order valence-corrected chi connectivity index (χ3v) is 8.42. The maximum Gasteiger partial charge on any atom is 0.301 e. The quantitative estimate of drug-likeness (QED) is 0.571. The van der Waals surface area contributed by atoms with E-state index in [1.54, 1.807) is 14.2 Å². The molecule has 0 atom stereocenters. The number of hydrogen-bond acceptors (Lipinski definition) is 6. The zero-order valence-corrected chi connectivity index (χ0v) is 19.2. The highest BCUT2D eigenvalue weighted by atomic mass is 32.2. The van der Waals surface area contributed by atoms with Crippen molar-refractivity contribution < 1.29 is 21.6 Å². The molecule has 1 heterocycles. The number of anilines is 1. The number of likely N-dealkylation sites (tertiary alicyclic amines) is 1. The molecule has 0 aliphatic carbocycles. The van der Waals surface area contributed by atoms with Crippen molar-refractivity contribution in [1.82, 2.24) is 13.5 Å². The second-order valence-electron chi connectivity index (χ2n) is 7.48. The number of hydrogen-bond donors (Lipinski definition) is 1. The number of rotatable bonds is 10. The molecule has 1 aliphatic heterocycles. The maximum absolute atomic E-state index is 12.9. The Labute approximate surface area is 174 Å². The van der Waals surface area contributed by atoms with E-state index >= 15 is 0 Å². The molecule has 1 fully saturated rings. The molecule has 0 saturated carbocycles. The second-order valence-corrected chi connectivity index (χ2v) is 11.4. The van der Waals surface area contributed by atoms with Gasteiger partial charge in [0.05, 0.1) is 11.5 Å². The number of sulfonamides is 1. The van der Waals surface area contributed by atoms with Crippen LogP contribution in [0, 0.1) is 5.92 Å². The van der Waals surface area contributed by atoms with Gasteiger partial charge in [-0.1, -0.05) is 0 Å². The second kappa shape index (κ2) is 10.2. The molecule has 0 amide bonds. The van der Waals surface area contributed by atoms with Crippen LogP contribution in [-0.2, 0) is 25.0 Å². The zero-order valence-electron chi connectivity index (χ0n) is 17.5. The first-order valence-corrected chi connectivity index (χ1v) is 12.4. The molecule has 29 heavy (non-hydrogen) atoms. The summed E-state index contributed by atoms with van der Waals surface area (Å²) in [5.74, 6) is 0.319. The van der Waals surface area contributed by atoms with Crippen LogP contribution in [0.4, 0.5) is 5.69 Å². The highest BCUT2D eigenvalue weighted by molar-refractivity contribution is 7.90. The average molecular weight is 449 g/mol. The van der Waals surface area contributed by atoms with Gasteiger partial charge in [0.2, 0.25) is 10.0 Å². The summed E-state index contributed by atoms with van der Waals surface area (Å²) < 4.78 is 59.4. The predicted molar refractivity (Wildman–Crippen MR) is 114 cm³/mol. The molecular formula is C18H32N4O5S2. The molecule has 11 heteroatoms. The Kier molecular flexibility index (Phi) is 8.44. The number of benzene rings is 1. The fraction of sp³-hybridized carbons (Fsp3) is 0.667. The van der Waals surface area contributed by atoms with Crippen molar-refractivity contribution in [2.45, 2.75) is 17.7 Å². The summed E-state index contributed by atoms with van der Waals surface area (Å²) in [7, 11) is -1.15. The smallest absolute Gasteiger partial charge is 0.301 e. The van der Waals surface area contributed by atoms with Crippen LogP contribution in [0.2, 0.25) is 0 Å². The Bertz CT molecular complexity index is 849. The minimum absolute atomic E-state index is 0.144. The molecule has 166 valence electrons. The SMILES string of the molecule is COCCN1CCC(CN(C)S(=O)(=O)c2ccc(NS(=O)(=O)N(C)C)cc2)CC1. The van der Waals surface area contributed by atoms with Crippen molar-refractivity contribution in [3.05, 3.63) is 24.3 Å². The molecule has 1 aromatic carbocycles. The van der Waals surface area contributed by atoms with E-state index in [2.05, 4.69) is 9.62 Å². The largest absolute Gasteiger partial charge is 0.383 e. The minimum atomic E-state index is -3.63. The fourth-order valence-electron chi connectivity index (χ4n) is 3.19. The van der Waals surface area contributed by atoms with E-state index in [0.29, 0.717) is 24.8 Å². The molecule has 0 radical (unpaired) electrons. The molecule has 9 nitrogen and oxygen atoms in total. The summed E-state index contributed by atoms with van der Waals surface area (Å²) in [4.78, 5) is 2.48. The van der Waals surface area contributed by atoms with Gasteiger partial charge in [-0.2, -0.15) is 12.7 Å². The van der Waals surface area contributed by atoms with Crippen LogP contribution in [-0.4, -0.2) is 91.4 Å². The van der Waals surface area contributed by atoms with E-state index in [1.807, 2.05) is 0 Å². The lowest BCUT2D eigenvalue weighted by molar-refractivity contribution is 0.116. The third-order valence-electron chi connectivity index (χ3n) is 5.12. The molecular weight excluding hydrogens is 416 g/mol. The molecule has 1 N–H and O–H groups in total. The minimum Gasteiger partial charge on any atom is -0.383 e. The Balaban J connectivity index is 1.96.